The van der Waals surface area contributed by atoms with Gasteiger partial charge in [-0.3, -0.25) is 4.68 Å². The lowest BCUT2D eigenvalue weighted by Crippen LogP contribution is -2.16. The predicted octanol–water partition coefficient (Wildman–Crippen LogP) is 3.46. The van der Waals surface area contributed by atoms with E-state index in [1.807, 2.05) is 11.6 Å². The average Bonchev–Trinajstić information content (AvgIpc) is 2.87. The molecule has 0 saturated carbocycles. The maximum absolute atomic E-state index is 6.17. The first-order valence-electron chi connectivity index (χ1n) is 5.74. The van der Waals surface area contributed by atoms with Gasteiger partial charge in [0.25, 0.3) is 0 Å². The molecular weight excluding hydrogens is 318 g/mol. The van der Waals surface area contributed by atoms with Gasteiger partial charge >= 0.3 is 0 Å². The standard InChI is InChI=1S/C12H15BrClN3O/c1-3-17-10(11(13)7(2)16-17)6-9(15)8-4-5-18-12(8)14/h4-5,9H,3,6,15H2,1-2H3. The van der Waals surface area contributed by atoms with Gasteiger partial charge in [-0.2, -0.15) is 5.10 Å². The minimum Gasteiger partial charge on any atom is -0.453 e. The van der Waals surface area contributed by atoms with Gasteiger partial charge in [0.15, 0.2) is 5.22 Å². The van der Waals surface area contributed by atoms with Crippen LogP contribution in [-0.4, -0.2) is 9.78 Å². The summed E-state index contributed by atoms with van der Waals surface area (Å²) >= 11 is 9.50. The van der Waals surface area contributed by atoms with Crippen LogP contribution in [0, 0.1) is 6.92 Å². The molecule has 2 aromatic rings. The molecule has 2 rings (SSSR count). The molecule has 1 atom stereocenters. The Bertz CT molecular complexity index is 550. The quantitative estimate of drug-likeness (QED) is 0.932. The van der Waals surface area contributed by atoms with E-state index in [0.29, 0.717) is 11.6 Å². The predicted molar refractivity (Wildman–Crippen MR) is 74.7 cm³/mol. The molecular formula is C12H15BrClN3O. The smallest absolute Gasteiger partial charge is 0.197 e. The lowest BCUT2D eigenvalue weighted by molar-refractivity contribution is 0.553. The first kappa shape index (κ1) is 13.6. The summed E-state index contributed by atoms with van der Waals surface area (Å²) < 4.78 is 8.03. The van der Waals surface area contributed by atoms with E-state index in [0.717, 1.165) is 28.0 Å². The summed E-state index contributed by atoms with van der Waals surface area (Å²) in [7, 11) is 0. The van der Waals surface area contributed by atoms with E-state index in [2.05, 4.69) is 28.0 Å². The third kappa shape index (κ3) is 2.48. The molecule has 0 aromatic carbocycles. The minimum absolute atomic E-state index is 0.200. The Morgan fingerprint density at radius 1 is 1.61 bits per heavy atom. The summed E-state index contributed by atoms with van der Waals surface area (Å²) in [4.78, 5) is 0. The third-order valence-electron chi connectivity index (χ3n) is 2.91. The Balaban J connectivity index is 2.27. The molecule has 0 radical (unpaired) electrons. The molecule has 98 valence electrons. The molecule has 0 saturated heterocycles. The molecule has 0 aliphatic heterocycles. The van der Waals surface area contributed by atoms with Gasteiger partial charge in [-0.15, -0.1) is 0 Å². The molecule has 2 N–H and O–H groups in total. The summed E-state index contributed by atoms with van der Waals surface area (Å²) in [5.41, 5.74) is 9.04. The molecule has 0 fully saturated rings. The van der Waals surface area contributed by atoms with Crippen molar-refractivity contribution in [2.24, 2.45) is 5.73 Å². The summed E-state index contributed by atoms with van der Waals surface area (Å²) in [6.45, 7) is 4.84. The summed E-state index contributed by atoms with van der Waals surface area (Å²) in [5.74, 6) is 0. The number of furan rings is 1. The van der Waals surface area contributed by atoms with E-state index < -0.39 is 0 Å². The van der Waals surface area contributed by atoms with Crippen LogP contribution < -0.4 is 5.73 Å². The van der Waals surface area contributed by atoms with Crippen molar-refractivity contribution in [2.45, 2.75) is 32.9 Å². The Morgan fingerprint density at radius 3 is 2.89 bits per heavy atom. The Labute approximate surface area is 119 Å². The molecule has 0 bridgehead atoms. The van der Waals surface area contributed by atoms with Crippen LogP contribution in [-0.2, 0) is 13.0 Å². The highest BCUT2D eigenvalue weighted by atomic mass is 79.9. The maximum atomic E-state index is 6.17. The third-order valence-corrected chi connectivity index (χ3v) is 4.25. The van der Waals surface area contributed by atoms with Gasteiger partial charge in [0.05, 0.1) is 22.1 Å². The van der Waals surface area contributed by atoms with Crippen LogP contribution >= 0.6 is 27.5 Å². The monoisotopic (exact) mass is 331 g/mol. The van der Waals surface area contributed by atoms with Crippen molar-refractivity contribution in [3.05, 3.63) is 39.0 Å². The van der Waals surface area contributed by atoms with Gasteiger partial charge in [-0.05, 0) is 47.4 Å². The molecule has 2 heterocycles. The molecule has 4 nitrogen and oxygen atoms in total. The van der Waals surface area contributed by atoms with E-state index in [-0.39, 0.29) is 6.04 Å². The number of hydrogen-bond acceptors (Lipinski definition) is 3. The van der Waals surface area contributed by atoms with Gasteiger partial charge < -0.3 is 10.2 Å². The molecule has 0 amide bonds. The van der Waals surface area contributed by atoms with Crippen LogP contribution in [0.15, 0.2) is 21.2 Å². The van der Waals surface area contributed by atoms with Gasteiger partial charge in [0.1, 0.15) is 0 Å². The second kappa shape index (κ2) is 5.47. The molecule has 0 spiro atoms. The first-order valence-corrected chi connectivity index (χ1v) is 6.92. The zero-order valence-corrected chi connectivity index (χ0v) is 12.6. The fraction of sp³-hybridized carbons (Fsp3) is 0.417. The Hall–Kier alpha value is -0.780. The fourth-order valence-corrected chi connectivity index (χ4v) is 2.65. The highest BCUT2D eigenvalue weighted by Gasteiger charge is 2.19. The number of halogens is 2. The van der Waals surface area contributed by atoms with Crippen molar-refractivity contribution >= 4 is 27.5 Å². The first-order chi connectivity index (χ1) is 8.54. The van der Waals surface area contributed by atoms with E-state index >= 15 is 0 Å². The number of rotatable bonds is 4. The van der Waals surface area contributed by atoms with Crippen molar-refractivity contribution in [1.29, 1.82) is 0 Å². The zero-order valence-electron chi connectivity index (χ0n) is 10.3. The van der Waals surface area contributed by atoms with Crippen LogP contribution in [0.5, 0.6) is 0 Å². The summed E-state index contributed by atoms with van der Waals surface area (Å²) in [6.07, 6.45) is 2.21. The molecule has 0 aliphatic carbocycles. The van der Waals surface area contributed by atoms with E-state index in [1.54, 1.807) is 12.3 Å². The topological polar surface area (TPSA) is 57.0 Å². The van der Waals surface area contributed by atoms with Gasteiger partial charge in [-0.25, -0.2) is 0 Å². The normalized spacial score (nSPS) is 12.9. The van der Waals surface area contributed by atoms with Crippen LogP contribution in [0.25, 0.3) is 0 Å². The summed E-state index contributed by atoms with van der Waals surface area (Å²) in [5, 5.41) is 4.80. The van der Waals surface area contributed by atoms with Crippen molar-refractivity contribution in [3.63, 3.8) is 0 Å². The highest BCUT2D eigenvalue weighted by molar-refractivity contribution is 9.10. The summed E-state index contributed by atoms with van der Waals surface area (Å²) in [6, 6.07) is 1.61. The van der Waals surface area contributed by atoms with Gasteiger partial charge in [0, 0.05) is 24.6 Å². The van der Waals surface area contributed by atoms with E-state index in [9.17, 15) is 0 Å². The molecule has 0 aliphatic rings. The van der Waals surface area contributed by atoms with Crippen molar-refractivity contribution in [1.82, 2.24) is 9.78 Å². The number of nitrogens with two attached hydrogens (primary N) is 1. The molecule has 2 aromatic heterocycles. The number of nitrogens with zero attached hydrogens (tertiary/aromatic N) is 2. The maximum Gasteiger partial charge on any atom is 0.197 e. The molecule has 6 heteroatoms. The van der Waals surface area contributed by atoms with Gasteiger partial charge in [0.2, 0.25) is 0 Å². The van der Waals surface area contributed by atoms with Crippen LogP contribution in [0.2, 0.25) is 5.22 Å². The van der Waals surface area contributed by atoms with E-state index in [4.69, 9.17) is 21.8 Å². The molecule has 1 unspecified atom stereocenters. The van der Waals surface area contributed by atoms with Crippen LogP contribution in [0.4, 0.5) is 0 Å². The number of aryl methyl sites for hydroxylation is 2. The molecule has 18 heavy (non-hydrogen) atoms. The lowest BCUT2D eigenvalue weighted by Gasteiger charge is -2.12. The minimum atomic E-state index is -0.200. The van der Waals surface area contributed by atoms with E-state index in [1.165, 1.54) is 0 Å². The Morgan fingerprint density at radius 2 is 2.33 bits per heavy atom. The van der Waals surface area contributed by atoms with Gasteiger partial charge in [-0.1, -0.05) is 0 Å². The SMILES string of the molecule is CCn1nc(C)c(Br)c1CC(N)c1ccoc1Cl. The largest absolute Gasteiger partial charge is 0.453 e. The van der Waals surface area contributed by atoms with Crippen molar-refractivity contribution < 1.29 is 4.42 Å². The van der Waals surface area contributed by atoms with Crippen LogP contribution in [0.3, 0.4) is 0 Å². The highest BCUT2D eigenvalue weighted by Crippen LogP contribution is 2.29. The average molecular weight is 333 g/mol. The second-order valence-corrected chi connectivity index (χ2v) is 5.26. The van der Waals surface area contributed by atoms with Crippen LogP contribution in [0.1, 0.15) is 29.9 Å². The fourth-order valence-electron chi connectivity index (χ4n) is 1.95. The lowest BCUT2D eigenvalue weighted by atomic mass is 10.1. The Kier molecular flexibility index (Phi) is 4.14. The number of aromatic nitrogens is 2. The number of hydrogen-bond donors (Lipinski definition) is 1. The van der Waals surface area contributed by atoms with Crippen molar-refractivity contribution in [2.75, 3.05) is 0 Å². The van der Waals surface area contributed by atoms with Crippen molar-refractivity contribution in [3.8, 4) is 0 Å². The second-order valence-electron chi connectivity index (χ2n) is 4.12. The zero-order chi connectivity index (χ0) is 13.3.